The Morgan fingerprint density at radius 1 is 0.882 bits per heavy atom. The third-order valence-corrected chi connectivity index (χ3v) is 7.41. The van der Waals surface area contributed by atoms with Crippen LogP contribution in [0.4, 0.5) is 4.79 Å². The van der Waals surface area contributed by atoms with E-state index < -0.39 is 0 Å². The molecule has 0 heterocycles. The molecule has 1 aliphatic carbocycles. The summed E-state index contributed by atoms with van der Waals surface area (Å²) in [6.07, 6.45) is 20.1. The highest BCUT2D eigenvalue weighted by Gasteiger charge is 2.36. The quantitative estimate of drug-likeness (QED) is 0.259. The van der Waals surface area contributed by atoms with Crippen molar-refractivity contribution < 1.29 is 9.53 Å². The van der Waals surface area contributed by atoms with Gasteiger partial charge < -0.3 is 10.1 Å². The molecule has 0 aliphatic heterocycles. The van der Waals surface area contributed by atoms with Crippen LogP contribution in [0.2, 0.25) is 0 Å². The number of nitrogens with one attached hydrogen (secondary N) is 1. The van der Waals surface area contributed by atoms with Crippen LogP contribution in [0.5, 0.6) is 5.75 Å². The van der Waals surface area contributed by atoms with Crippen molar-refractivity contribution in [2.75, 3.05) is 6.54 Å². The maximum absolute atomic E-state index is 12.8. The molecule has 0 spiro atoms. The Labute approximate surface area is 210 Å². The standard InChI is InChI=1S/C31H52NO2/c1-6-8-10-12-14-18-26-19-16-21-28(27(26)20-15-13-11-9-7-2)34-29(33)32-25-31(5)23-17-22-30(3,4)24-31/h16-17,19,21H,6-15,18,20,22-25H2,1-5H3,(H,32,33). The maximum Gasteiger partial charge on any atom is 0.412 e. The van der Waals surface area contributed by atoms with Gasteiger partial charge in [0.05, 0.1) is 0 Å². The molecule has 193 valence electrons. The summed E-state index contributed by atoms with van der Waals surface area (Å²) in [7, 11) is 0. The first-order valence-electron chi connectivity index (χ1n) is 14.2. The van der Waals surface area contributed by atoms with Crippen molar-refractivity contribution in [3.63, 3.8) is 0 Å². The zero-order valence-electron chi connectivity index (χ0n) is 22.9. The van der Waals surface area contributed by atoms with Gasteiger partial charge in [-0.25, -0.2) is 4.79 Å². The van der Waals surface area contributed by atoms with Crippen LogP contribution in [-0.2, 0) is 12.8 Å². The number of rotatable bonds is 15. The van der Waals surface area contributed by atoms with Gasteiger partial charge in [-0.2, -0.15) is 0 Å². The number of unbranched alkanes of at least 4 members (excludes halogenated alkanes) is 8. The zero-order valence-corrected chi connectivity index (χ0v) is 22.9. The summed E-state index contributed by atoms with van der Waals surface area (Å²) in [5, 5.41) is 3.10. The monoisotopic (exact) mass is 470 g/mol. The number of hydrogen-bond acceptors (Lipinski definition) is 2. The minimum atomic E-state index is -0.308. The van der Waals surface area contributed by atoms with Gasteiger partial charge in [0.1, 0.15) is 5.75 Å². The average Bonchev–Trinajstić information content (AvgIpc) is 2.78. The van der Waals surface area contributed by atoms with Crippen LogP contribution < -0.4 is 10.1 Å². The Kier molecular flexibility index (Phi) is 12.5. The third-order valence-electron chi connectivity index (χ3n) is 7.41. The Bertz CT molecular complexity index is 726. The van der Waals surface area contributed by atoms with Gasteiger partial charge in [-0.1, -0.05) is 98.1 Å². The fourth-order valence-corrected chi connectivity index (χ4v) is 5.72. The van der Waals surface area contributed by atoms with Gasteiger partial charge in [-0.05, 0) is 79.4 Å². The molecule has 1 aliphatic rings. The molecular formula is C31H52NO2. The van der Waals surface area contributed by atoms with Gasteiger partial charge >= 0.3 is 6.09 Å². The minimum absolute atomic E-state index is 0.100. The Balaban J connectivity index is 1.99. The molecule has 0 saturated heterocycles. The molecule has 1 unspecified atom stereocenters. The Morgan fingerprint density at radius 3 is 2.18 bits per heavy atom. The normalized spacial score (nSPS) is 19.7. The molecule has 1 radical (unpaired) electrons. The number of amides is 1. The van der Waals surface area contributed by atoms with Crippen molar-refractivity contribution >= 4 is 6.09 Å². The summed E-state index contributed by atoms with van der Waals surface area (Å²) in [4.78, 5) is 12.8. The van der Waals surface area contributed by atoms with Crippen molar-refractivity contribution in [3.8, 4) is 5.75 Å². The average molecular weight is 471 g/mol. The second-order valence-electron chi connectivity index (χ2n) is 11.8. The van der Waals surface area contributed by atoms with Crippen molar-refractivity contribution in [1.29, 1.82) is 0 Å². The van der Waals surface area contributed by atoms with E-state index in [0.717, 1.165) is 44.3 Å². The minimum Gasteiger partial charge on any atom is -0.410 e. The highest BCUT2D eigenvalue weighted by molar-refractivity contribution is 5.71. The Morgan fingerprint density at radius 2 is 1.53 bits per heavy atom. The molecule has 2 rings (SSSR count). The van der Waals surface area contributed by atoms with Crippen LogP contribution >= 0.6 is 0 Å². The molecule has 1 aromatic carbocycles. The first-order valence-corrected chi connectivity index (χ1v) is 14.2. The molecule has 0 aromatic heterocycles. The molecule has 1 saturated carbocycles. The van der Waals surface area contributed by atoms with E-state index in [1.165, 1.54) is 68.9 Å². The summed E-state index contributed by atoms with van der Waals surface area (Å²) < 4.78 is 5.94. The lowest BCUT2D eigenvalue weighted by atomic mass is 9.64. The number of carbonyl (C=O) groups is 1. The van der Waals surface area contributed by atoms with Crippen molar-refractivity contribution in [2.24, 2.45) is 10.8 Å². The summed E-state index contributed by atoms with van der Waals surface area (Å²) in [6.45, 7) is 12.1. The molecule has 1 N–H and O–H groups in total. The predicted molar refractivity (Wildman–Crippen MR) is 145 cm³/mol. The summed E-state index contributed by atoms with van der Waals surface area (Å²) in [5.74, 6) is 0.764. The highest BCUT2D eigenvalue weighted by atomic mass is 16.6. The van der Waals surface area contributed by atoms with Crippen LogP contribution in [0.25, 0.3) is 0 Å². The van der Waals surface area contributed by atoms with E-state index >= 15 is 0 Å². The lowest BCUT2D eigenvalue weighted by Gasteiger charge is -2.42. The lowest BCUT2D eigenvalue weighted by Crippen LogP contribution is -2.42. The van der Waals surface area contributed by atoms with Crippen molar-refractivity contribution in [1.82, 2.24) is 5.32 Å². The van der Waals surface area contributed by atoms with Gasteiger partial charge in [0.2, 0.25) is 0 Å². The van der Waals surface area contributed by atoms with Crippen LogP contribution in [0.1, 0.15) is 129 Å². The number of hydrogen-bond donors (Lipinski definition) is 1. The lowest BCUT2D eigenvalue weighted by molar-refractivity contribution is 0.126. The first-order chi connectivity index (χ1) is 16.3. The topological polar surface area (TPSA) is 38.3 Å². The largest absolute Gasteiger partial charge is 0.412 e. The SMILES string of the molecule is CCCCCCCc1cccc(OC(=O)NCC2(C)C[CH]CC(C)(C)C2)c1CCCCCCC. The fraction of sp³-hybridized carbons (Fsp3) is 0.742. The van der Waals surface area contributed by atoms with Gasteiger partial charge in [0.25, 0.3) is 0 Å². The van der Waals surface area contributed by atoms with Crippen LogP contribution in [0.3, 0.4) is 0 Å². The van der Waals surface area contributed by atoms with E-state index in [1.54, 1.807) is 0 Å². The Hall–Kier alpha value is -1.51. The molecule has 0 bridgehead atoms. The molecule has 1 aromatic rings. The highest BCUT2D eigenvalue weighted by Crippen LogP contribution is 2.45. The molecule has 1 atom stereocenters. The summed E-state index contributed by atoms with van der Waals surface area (Å²) in [5.41, 5.74) is 3.02. The number of benzene rings is 1. The molecule has 1 fully saturated rings. The van der Waals surface area contributed by atoms with Crippen molar-refractivity contribution in [2.45, 2.75) is 131 Å². The second kappa shape index (κ2) is 14.8. The number of aryl methyl sites for hydroxylation is 1. The van der Waals surface area contributed by atoms with Gasteiger partial charge in [-0.15, -0.1) is 0 Å². The smallest absolute Gasteiger partial charge is 0.410 e. The van der Waals surface area contributed by atoms with Gasteiger partial charge in [0.15, 0.2) is 0 Å². The first kappa shape index (κ1) is 28.7. The van der Waals surface area contributed by atoms with E-state index in [9.17, 15) is 4.79 Å². The van der Waals surface area contributed by atoms with E-state index in [-0.39, 0.29) is 11.5 Å². The molecule has 1 amide bonds. The predicted octanol–water partition coefficient (Wildman–Crippen LogP) is 9.22. The molecule has 3 nitrogen and oxygen atoms in total. The zero-order chi connectivity index (χ0) is 24.9. The molecule has 34 heavy (non-hydrogen) atoms. The number of carbonyl (C=O) groups excluding carboxylic acids is 1. The fourth-order valence-electron chi connectivity index (χ4n) is 5.72. The third kappa shape index (κ3) is 10.4. The van der Waals surface area contributed by atoms with Gasteiger partial charge in [-0.3, -0.25) is 0 Å². The summed E-state index contributed by atoms with van der Waals surface area (Å²) >= 11 is 0. The van der Waals surface area contributed by atoms with Crippen LogP contribution in [0.15, 0.2) is 18.2 Å². The van der Waals surface area contributed by atoms with E-state index in [4.69, 9.17) is 4.74 Å². The van der Waals surface area contributed by atoms with Gasteiger partial charge in [0, 0.05) is 6.54 Å². The summed E-state index contributed by atoms with van der Waals surface area (Å²) in [6, 6.07) is 6.29. The van der Waals surface area contributed by atoms with Crippen LogP contribution in [-0.4, -0.2) is 12.6 Å². The maximum atomic E-state index is 12.8. The van der Waals surface area contributed by atoms with E-state index in [2.05, 4.69) is 58.5 Å². The van der Waals surface area contributed by atoms with E-state index in [0.29, 0.717) is 12.0 Å². The molecule has 3 heteroatoms. The van der Waals surface area contributed by atoms with Crippen LogP contribution in [0, 0.1) is 17.3 Å². The second-order valence-corrected chi connectivity index (χ2v) is 11.8. The van der Waals surface area contributed by atoms with Crippen molar-refractivity contribution in [3.05, 3.63) is 35.7 Å². The number of ether oxygens (including phenoxy) is 1. The van der Waals surface area contributed by atoms with E-state index in [1.807, 2.05) is 6.07 Å². The molecular weight excluding hydrogens is 418 g/mol.